The van der Waals surface area contributed by atoms with Gasteiger partial charge in [0.05, 0.1) is 10.5 Å². The summed E-state index contributed by atoms with van der Waals surface area (Å²) in [6, 6.07) is 14.6. The molecule has 0 atom stereocenters. The van der Waals surface area contributed by atoms with E-state index in [4.69, 9.17) is 9.47 Å². The molecule has 2 heterocycles. The average molecular weight is 482 g/mol. The first-order chi connectivity index (χ1) is 16.6. The van der Waals surface area contributed by atoms with Gasteiger partial charge in [-0.25, -0.2) is 4.79 Å². The van der Waals surface area contributed by atoms with Crippen LogP contribution in [0, 0.1) is 15.5 Å². The van der Waals surface area contributed by atoms with E-state index in [-0.39, 0.29) is 28.7 Å². The van der Waals surface area contributed by atoms with Crippen molar-refractivity contribution in [3.05, 3.63) is 69.8 Å². The molecule has 8 heteroatoms. The number of amides is 1. The van der Waals surface area contributed by atoms with Crippen molar-refractivity contribution in [2.45, 2.75) is 58.8 Å². The number of hydrogen-bond acceptors (Lipinski definition) is 6. The number of benzene rings is 2. The van der Waals surface area contributed by atoms with Crippen molar-refractivity contribution in [2.24, 2.45) is 5.41 Å². The molecule has 2 aromatic carbocycles. The van der Waals surface area contributed by atoms with Crippen molar-refractivity contribution in [1.29, 1.82) is 0 Å². The highest BCUT2D eigenvalue weighted by atomic mass is 16.6. The fourth-order valence-electron chi connectivity index (χ4n) is 4.98. The number of nitro groups is 1. The third-order valence-corrected chi connectivity index (χ3v) is 6.91. The Bertz CT molecular complexity index is 1040. The number of hydrogen-bond donors (Lipinski definition) is 0. The quantitative estimate of drug-likeness (QED) is 0.406. The van der Waals surface area contributed by atoms with E-state index in [1.54, 1.807) is 18.2 Å². The van der Waals surface area contributed by atoms with Gasteiger partial charge in [0.2, 0.25) is 0 Å². The largest absolute Gasteiger partial charge is 0.489 e. The van der Waals surface area contributed by atoms with E-state index in [0.29, 0.717) is 11.3 Å². The Labute approximate surface area is 207 Å². The normalized spacial score (nSPS) is 18.0. The summed E-state index contributed by atoms with van der Waals surface area (Å²) in [6.45, 7) is 10.4. The molecular formula is C27H35N3O5. The topological polar surface area (TPSA) is 85.2 Å². The number of piperidine rings is 1. The molecule has 2 saturated heterocycles. The molecule has 1 amide bonds. The van der Waals surface area contributed by atoms with Gasteiger partial charge in [0.1, 0.15) is 18.0 Å². The first-order valence-corrected chi connectivity index (χ1v) is 12.3. The van der Waals surface area contributed by atoms with Gasteiger partial charge in [-0.05, 0) is 75.8 Å². The van der Waals surface area contributed by atoms with E-state index >= 15 is 0 Å². The van der Waals surface area contributed by atoms with E-state index in [1.165, 1.54) is 11.6 Å². The van der Waals surface area contributed by atoms with E-state index in [9.17, 15) is 14.9 Å². The van der Waals surface area contributed by atoms with Crippen LogP contribution in [0.25, 0.3) is 0 Å². The standard InChI is InChI=1S/C27H35N3O5/c1-26(2,3)35-25(31)29-16-13-27(14-17-29)12-15-28(20-27)18-21-8-10-23(11-9-21)34-19-22-6-4-5-7-24(22)30(32)33/h4-11H,12-20H2,1-3H3. The van der Waals surface area contributed by atoms with Gasteiger partial charge in [-0.15, -0.1) is 0 Å². The lowest BCUT2D eigenvalue weighted by Gasteiger charge is -2.39. The van der Waals surface area contributed by atoms with Gasteiger partial charge in [-0.3, -0.25) is 15.0 Å². The summed E-state index contributed by atoms with van der Waals surface area (Å²) in [4.78, 5) is 27.5. The highest BCUT2D eigenvalue weighted by Crippen LogP contribution is 2.41. The molecule has 0 unspecified atom stereocenters. The summed E-state index contributed by atoms with van der Waals surface area (Å²) in [5, 5.41) is 11.2. The van der Waals surface area contributed by atoms with Crippen LogP contribution in [0.15, 0.2) is 48.5 Å². The predicted molar refractivity (Wildman–Crippen MR) is 133 cm³/mol. The Morgan fingerprint density at radius 1 is 1.03 bits per heavy atom. The minimum absolute atomic E-state index is 0.0732. The fourth-order valence-corrected chi connectivity index (χ4v) is 4.98. The summed E-state index contributed by atoms with van der Waals surface area (Å²) in [6.07, 6.45) is 2.99. The number of nitrogens with zero attached hydrogens (tertiary/aromatic N) is 3. The van der Waals surface area contributed by atoms with Crippen molar-refractivity contribution in [3.8, 4) is 5.75 Å². The molecule has 2 aromatic rings. The average Bonchev–Trinajstić information content (AvgIpc) is 3.19. The van der Waals surface area contributed by atoms with Crippen LogP contribution in [0.3, 0.4) is 0 Å². The van der Waals surface area contributed by atoms with Gasteiger partial charge in [-0.2, -0.15) is 0 Å². The van der Waals surface area contributed by atoms with E-state index in [2.05, 4.69) is 17.0 Å². The molecule has 0 aromatic heterocycles. The minimum Gasteiger partial charge on any atom is -0.489 e. The second kappa shape index (κ2) is 10.2. The van der Waals surface area contributed by atoms with Crippen LogP contribution in [-0.2, 0) is 17.9 Å². The Morgan fingerprint density at radius 3 is 2.34 bits per heavy atom. The molecule has 0 saturated carbocycles. The maximum Gasteiger partial charge on any atom is 0.410 e. The SMILES string of the molecule is CC(C)(C)OC(=O)N1CCC2(CCN(Cc3ccc(OCc4ccccc4[N+](=O)[O-])cc3)C2)CC1. The van der Waals surface area contributed by atoms with E-state index in [1.807, 2.05) is 37.8 Å². The molecule has 0 radical (unpaired) electrons. The number of likely N-dealkylation sites (tertiary alicyclic amines) is 2. The second-order valence-electron chi connectivity index (χ2n) is 10.7. The monoisotopic (exact) mass is 481 g/mol. The molecule has 0 bridgehead atoms. The first-order valence-electron chi connectivity index (χ1n) is 12.3. The Balaban J connectivity index is 1.25. The van der Waals surface area contributed by atoms with Crippen molar-refractivity contribution >= 4 is 11.8 Å². The van der Waals surface area contributed by atoms with Crippen LogP contribution in [0.5, 0.6) is 5.75 Å². The predicted octanol–water partition coefficient (Wildman–Crippen LogP) is 5.40. The number of rotatable bonds is 6. The number of para-hydroxylation sites is 1. The summed E-state index contributed by atoms with van der Waals surface area (Å²) < 4.78 is 11.3. The lowest BCUT2D eigenvalue weighted by atomic mass is 9.78. The Kier molecular flexibility index (Phi) is 7.31. The van der Waals surface area contributed by atoms with Crippen molar-refractivity contribution < 1.29 is 19.2 Å². The maximum atomic E-state index is 12.4. The summed E-state index contributed by atoms with van der Waals surface area (Å²) >= 11 is 0. The summed E-state index contributed by atoms with van der Waals surface area (Å²) in [7, 11) is 0. The molecule has 0 N–H and O–H groups in total. The van der Waals surface area contributed by atoms with Crippen LogP contribution in [-0.4, -0.2) is 52.6 Å². The lowest BCUT2D eigenvalue weighted by molar-refractivity contribution is -0.385. The molecule has 35 heavy (non-hydrogen) atoms. The zero-order valence-electron chi connectivity index (χ0n) is 20.9. The van der Waals surface area contributed by atoms with Crippen molar-refractivity contribution in [2.75, 3.05) is 26.2 Å². The molecule has 1 spiro atoms. The van der Waals surface area contributed by atoms with Gasteiger partial charge in [0.25, 0.3) is 5.69 Å². The van der Waals surface area contributed by atoms with Gasteiger partial charge >= 0.3 is 6.09 Å². The maximum absolute atomic E-state index is 12.4. The molecule has 2 aliphatic rings. The Morgan fingerprint density at radius 2 is 1.69 bits per heavy atom. The number of carbonyl (C=O) groups is 1. The third kappa shape index (κ3) is 6.51. The molecule has 2 fully saturated rings. The molecule has 2 aliphatic heterocycles. The van der Waals surface area contributed by atoms with Crippen LogP contribution in [0.1, 0.15) is 51.2 Å². The van der Waals surface area contributed by atoms with Gasteiger partial charge in [-0.1, -0.05) is 24.3 Å². The number of nitro benzene ring substituents is 1. The van der Waals surface area contributed by atoms with E-state index in [0.717, 1.165) is 52.0 Å². The second-order valence-corrected chi connectivity index (χ2v) is 10.7. The van der Waals surface area contributed by atoms with Gasteiger partial charge in [0.15, 0.2) is 0 Å². The van der Waals surface area contributed by atoms with Gasteiger partial charge in [0, 0.05) is 32.2 Å². The fraction of sp³-hybridized carbons (Fsp3) is 0.519. The number of carbonyl (C=O) groups excluding carboxylic acids is 1. The van der Waals surface area contributed by atoms with Crippen LogP contribution < -0.4 is 4.74 Å². The molecule has 188 valence electrons. The molecular weight excluding hydrogens is 446 g/mol. The van der Waals surface area contributed by atoms with Crippen molar-refractivity contribution in [1.82, 2.24) is 9.80 Å². The smallest absolute Gasteiger partial charge is 0.410 e. The first kappa shape index (κ1) is 25.0. The molecule has 8 nitrogen and oxygen atoms in total. The Hall–Kier alpha value is -3.13. The molecule has 0 aliphatic carbocycles. The zero-order chi connectivity index (χ0) is 25.1. The highest BCUT2D eigenvalue weighted by Gasteiger charge is 2.41. The molecule has 4 rings (SSSR count). The van der Waals surface area contributed by atoms with E-state index < -0.39 is 5.60 Å². The van der Waals surface area contributed by atoms with Crippen molar-refractivity contribution in [3.63, 3.8) is 0 Å². The third-order valence-electron chi connectivity index (χ3n) is 6.91. The zero-order valence-corrected chi connectivity index (χ0v) is 20.9. The lowest BCUT2D eigenvalue weighted by Crippen LogP contribution is -2.46. The summed E-state index contributed by atoms with van der Waals surface area (Å²) in [5.74, 6) is 0.694. The van der Waals surface area contributed by atoms with Crippen LogP contribution in [0.4, 0.5) is 10.5 Å². The minimum atomic E-state index is -0.462. The number of ether oxygens (including phenoxy) is 2. The van der Waals surface area contributed by atoms with Crippen LogP contribution >= 0.6 is 0 Å². The summed E-state index contributed by atoms with van der Waals surface area (Å²) in [5.41, 5.74) is 1.67. The highest BCUT2D eigenvalue weighted by molar-refractivity contribution is 5.68. The van der Waals surface area contributed by atoms with Crippen LogP contribution in [0.2, 0.25) is 0 Å². The van der Waals surface area contributed by atoms with Gasteiger partial charge < -0.3 is 14.4 Å².